The first-order valence-electron chi connectivity index (χ1n) is 8.61. The van der Waals surface area contributed by atoms with Crippen molar-refractivity contribution >= 4 is 41.0 Å². The molecule has 0 spiro atoms. The smallest absolute Gasteiger partial charge is 0.326 e. The van der Waals surface area contributed by atoms with E-state index in [-0.39, 0.29) is 11.1 Å². The van der Waals surface area contributed by atoms with Crippen LogP contribution in [0.1, 0.15) is 27.6 Å². The Bertz CT molecular complexity index is 971. The standard InChI is InChI=1S/C20H17ClN2O6/c1-11(18(25)22-12-7-8-16(28-2)15(21)9-12)29-17(24)10-23-19(26)13-5-3-4-6-14(13)20(23)27/h3-9,11H,10H2,1-2H3,(H,22,25)/t11-/m1/s1. The summed E-state index contributed by atoms with van der Waals surface area (Å²) in [5, 5.41) is 2.87. The first kappa shape index (κ1) is 20.3. The quantitative estimate of drug-likeness (QED) is 0.573. The third kappa shape index (κ3) is 4.22. The number of nitrogens with one attached hydrogen (secondary N) is 1. The predicted octanol–water partition coefficient (Wildman–Crippen LogP) is 2.52. The number of hydrogen-bond acceptors (Lipinski definition) is 6. The van der Waals surface area contributed by atoms with Gasteiger partial charge >= 0.3 is 5.97 Å². The van der Waals surface area contributed by atoms with E-state index in [1.54, 1.807) is 24.3 Å². The SMILES string of the molecule is COc1ccc(NC(=O)[C@@H](C)OC(=O)CN2C(=O)c3ccccc3C2=O)cc1Cl. The van der Waals surface area contributed by atoms with E-state index in [0.717, 1.165) is 4.90 Å². The molecule has 8 nitrogen and oxygen atoms in total. The van der Waals surface area contributed by atoms with Gasteiger partial charge in [-0.15, -0.1) is 0 Å². The summed E-state index contributed by atoms with van der Waals surface area (Å²) in [4.78, 5) is 49.8. The van der Waals surface area contributed by atoms with Crippen molar-refractivity contribution in [3.63, 3.8) is 0 Å². The van der Waals surface area contributed by atoms with Gasteiger partial charge in [0.2, 0.25) is 0 Å². The molecule has 1 aliphatic heterocycles. The molecule has 0 bridgehead atoms. The summed E-state index contributed by atoms with van der Waals surface area (Å²) >= 11 is 6.01. The van der Waals surface area contributed by atoms with Crippen LogP contribution >= 0.6 is 11.6 Å². The van der Waals surface area contributed by atoms with E-state index in [1.807, 2.05) is 0 Å². The molecule has 2 aromatic rings. The third-order valence-corrected chi connectivity index (χ3v) is 4.56. The molecule has 3 amide bonds. The number of hydrogen-bond donors (Lipinski definition) is 1. The Balaban J connectivity index is 1.58. The summed E-state index contributed by atoms with van der Waals surface area (Å²) in [6, 6.07) is 10.9. The maximum absolute atomic E-state index is 12.3. The molecular formula is C20H17ClN2O6. The molecule has 0 unspecified atom stereocenters. The fraction of sp³-hybridized carbons (Fsp3) is 0.200. The van der Waals surface area contributed by atoms with Crippen molar-refractivity contribution in [2.24, 2.45) is 0 Å². The molecule has 29 heavy (non-hydrogen) atoms. The van der Waals surface area contributed by atoms with Crippen LogP contribution < -0.4 is 10.1 Å². The van der Waals surface area contributed by atoms with Crippen LogP contribution in [0.3, 0.4) is 0 Å². The highest BCUT2D eigenvalue weighted by molar-refractivity contribution is 6.32. The van der Waals surface area contributed by atoms with E-state index in [4.69, 9.17) is 21.1 Å². The average Bonchev–Trinajstić information content (AvgIpc) is 2.93. The Hall–Kier alpha value is -3.39. The number of amides is 3. The van der Waals surface area contributed by atoms with Crippen molar-refractivity contribution < 1.29 is 28.7 Å². The topological polar surface area (TPSA) is 102 Å². The van der Waals surface area contributed by atoms with Crippen molar-refractivity contribution in [1.82, 2.24) is 4.90 Å². The van der Waals surface area contributed by atoms with E-state index >= 15 is 0 Å². The molecule has 1 heterocycles. The van der Waals surface area contributed by atoms with E-state index in [2.05, 4.69) is 5.32 Å². The number of anilines is 1. The van der Waals surface area contributed by atoms with Gasteiger partial charge in [-0.25, -0.2) is 0 Å². The molecule has 0 saturated heterocycles. The molecule has 0 radical (unpaired) electrons. The molecule has 150 valence electrons. The number of esters is 1. The van der Waals surface area contributed by atoms with Crippen molar-refractivity contribution in [3.8, 4) is 5.75 Å². The van der Waals surface area contributed by atoms with Gasteiger partial charge in [0, 0.05) is 5.69 Å². The number of carbonyl (C=O) groups excluding carboxylic acids is 4. The Morgan fingerprint density at radius 1 is 1.10 bits per heavy atom. The molecule has 0 saturated carbocycles. The summed E-state index contributed by atoms with van der Waals surface area (Å²) in [6.45, 7) is 0.791. The van der Waals surface area contributed by atoms with Gasteiger partial charge in [-0.3, -0.25) is 24.1 Å². The van der Waals surface area contributed by atoms with E-state index < -0.39 is 36.3 Å². The van der Waals surface area contributed by atoms with Gasteiger partial charge in [-0.05, 0) is 37.3 Å². The average molecular weight is 417 g/mol. The number of carbonyl (C=O) groups is 4. The van der Waals surface area contributed by atoms with E-state index in [0.29, 0.717) is 16.5 Å². The normalized spacial score (nSPS) is 13.7. The maximum atomic E-state index is 12.3. The molecule has 3 rings (SSSR count). The summed E-state index contributed by atoms with van der Waals surface area (Å²) in [5.74, 6) is -2.18. The van der Waals surface area contributed by atoms with Gasteiger partial charge in [-0.2, -0.15) is 0 Å². The molecule has 1 aliphatic rings. The van der Waals surface area contributed by atoms with Gasteiger partial charge in [0.25, 0.3) is 17.7 Å². The van der Waals surface area contributed by atoms with Gasteiger partial charge in [0.1, 0.15) is 12.3 Å². The highest BCUT2D eigenvalue weighted by Gasteiger charge is 2.37. The zero-order chi connectivity index (χ0) is 21.1. The van der Waals surface area contributed by atoms with Crippen molar-refractivity contribution in [3.05, 3.63) is 58.6 Å². The maximum Gasteiger partial charge on any atom is 0.326 e. The van der Waals surface area contributed by atoms with Crippen LogP contribution in [-0.4, -0.2) is 48.3 Å². The van der Waals surface area contributed by atoms with Gasteiger partial charge in [-0.1, -0.05) is 23.7 Å². The first-order chi connectivity index (χ1) is 13.8. The van der Waals surface area contributed by atoms with Crippen LogP contribution in [0.5, 0.6) is 5.75 Å². The van der Waals surface area contributed by atoms with Crippen LogP contribution in [0, 0.1) is 0 Å². The summed E-state index contributed by atoms with van der Waals surface area (Å²) in [6.07, 6.45) is -1.15. The lowest BCUT2D eigenvalue weighted by atomic mass is 10.1. The highest BCUT2D eigenvalue weighted by Crippen LogP contribution is 2.27. The minimum atomic E-state index is -1.15. The molecular weight excluding hydrogens is 400 g/mol. The van der Waals surface area contributed by atoms with Crippen LogP contribution in [0.15, 0.2) is 42.5 Å². The van der Waals surface area contributed by atoms with Crippen LogP contribution in [0.4, 0.5) is 5.69 Å². The summed E-state index contributed by atoms with van der Waals surface area (Å²) in [7, 11) is 1.47. The van der Waals surface area contributed by atoms with Gasteiger partial charge in [0.05, 0.1) is 23.3 Å². The van der Waals surface area contributed by atoms with E-state index in [1.165, 1.54) is 32.2 Å². The minimum Gasteiger partial charge on any atom is -0.495 e. The Labute approximate surface area is 171 Å². The fourth-order valence-electron chi connectivity index (χ4n) is 2.79. The molecule has 2 aromatic carbocycles. The molecule has 9 heteroatoms. The number of halogens is 1. The second-order valence-corrected chi connectivity index (χ2v) is 6.62. The highest BCUT2D eigenvalue weighted by atomic mass is 35.5. The van der Waals surface area contributed by atoms with Gasteiger partial charge < -0.3 is 14.8 Å². The molecule has 0 aromatic heterocycles. The largest absolute Gasteiger partial charge is 0.495 e. The monoisotopic (exact) mass is 416 g/mol. The lowest BCUT2D eigenvalue weighted by Gasteiger charge is -2.17. The number of nitrogens with zero attached hydrogens (tertiary/aromatic N) is 1. The molecule has 1 atom stereocenters. The Morgan fingerprint density at radius 3 is 2.28 bits per heavy atom. The second kappa shape index (κ2) is 8.32. The molecule has 0 fully saturated rings. The number of fused-ring (bicyclic) bond motifs is 1. The lowest BCUT2D eigenvalue weighted by molar-refractivity contribution is -0.153. The number of benzene rings is 2. The number of methoxy groups -OCH3 is 1. The molecule has 0 aliphatic carbocycles. The van der Waals surface area contributed by atoms with Crippen molar-refractivity contribution in [2.75, 3.05) is 19.0 Å². The summed E-state index contributed by atoms with van der Waals surface area (Å²) < 4.78 is 10.1. The minimum absolute atomic E-state index is 0.229. The first-order valence-corrected chi connectivity index (χ1v) is 8.98. The van der Waals surface area contributed by atoms with Crippen LogP contribution in [0.2, 0.25) is 5.02 Å². The third-order valence-electron chi connectivity index (χ3n) is 4.26. The summed E-state index contributed by atoms with van der Waals surface area (Å²) in [5.41, 5.74) is 0.851. The zero-order valence-corrected chi connectivity index (χ0v) is 16.4. The lowest BCUT2D eigenvalue weighted by Crippen LogP contribution is -2.38. The number of imide groups is 1. The van der Waals surface area contributed by atoms with Crippen LogP contribution in [0.25, 0.3) is 0 Å². The van der Waals surface area contributed by atoms with Gasteiger partial charge in [0.15, 0.2) is 6.10 Å². The molecule has 1 N–H and O–H groups in total. The Morgan fingerprint density at radius 2 is 1.72 bits per heavy atom. The van der Waals surface area contributed by atoms with Crippen molar-refractivity contribution in [2.45, 2.75) is 13.0 Å². The fourth-order valence-corrected chi connectivity index (χ4v) is 3.05. The zero-order valence-electron chi connectivity index (χ0n) is 15.6. The van der Waals surface area contributed by atoms with Crippen molar-refractivity contribution in [1.29, 1.82) is 0 Å². The van der Waals surface area contributed by atoms with Crippen LogP contribution in [-0.2, 0) is 14.3 Å². The van der Waals surface area contributed by atoms with E-state index in [9.17, 15) is 19.2 Å². The Kier molecular flexibility index (Phi) is 5.84. The number of ether oxygens (including phenoxy) is 2. The number of rotatable bonds is 6. The predicted molar refractivity (Wildman–Crippen MR) is 104 cm³/mol. The second-order valence-electron chi connectivity index (χ2n) is 6.21.